The first-order valence-corrected chi connectivity index (χ1v) is 7.32. The van der Waals surface area contributed by atoms with Crippen molar-refractivity contribution in [1.29, 1.82) is 0 Å². The van der Waals surface area contributed by atoms with E-state index in [1.807, 2.05) is 0 Å². The van der Waals surface area contributed by atoms with Gasteiger partial charge in [0, 0.05) is 11.5 Å². The Morgan fingerprint density at radius 2 is 1.41 bits per heavy atom. The molecule has 2 aromatic rings. The summed E-state index contributed by atoms with van der Waals surface area (Å²) >= 11 is 0. The number of carbonyl (C=O) groups is 4. The van der Waals surface area contributed by atoms with Gasteiger partial charge in [0.1, 0.15) is 5.75 Å². The number of hydrogen-bond donors (Lipinski definition) is 2. The smallest absolute Gasteiger partial charge is 0.390 e. The monoisotopic (exact) mass is 362 g/mol. The molecule has 0 heterocycles. The van der Waals surface area contributed by atoms with Gasteiger partial charge in [-0.2, -0.15) is 0 Å². The zero-order valence-corrected chi connectivity index (χ0v) is 13.6. The molecule has 0 aliphatic heterocycles. The Labute approximate surface area is 153 Å². The van der Waals surface area contributed by atoms with Crippen LogP contribution in [0.25, 0.3) is 0 Å². The minimum absolute atomic E-state index is 0.112. The summed E-state index contributed by atoms with van der Waals surface area (Å²) in [6, 6.07) is 11.3. The summed E-state index contributed by atoms with van der Waals surface area (Å²) in [5.41, 5.74) is -1.10. The lowest BCUT2D eigenvalue weighted by molar-refractivity contribution is -0.128. The quantitative estimate of drug-likeness (QED) is 0.213. The molecule has 0 atom stereocenters. The molecule has 0 fully saturated rings. The Hall–Kier alpha value is -4.36. The Bertz CT molecular complexity index is 1040. The summed E-state index contributed by atoms with van der Waals surface area (Å²) < 4.78 is 4.90. The summed E-state index contributed by atoms with van der Waals surface area (Å²) in [5.74, 6) is 4.27. The van der Waals surface area contributed by atoms with Crippen LogP contribution >= 0.6 is 0 Å². The molecular weight excluding hydrogens is 352 g/mol. The second-order valence-corrected chi connectivity index (χ2v) is 4.90. The third-order valence-corrected chi connectivity index (χ3v) is 3.10. The topological polar surface area (TPSA) is 118 Å². The van der Waals surface area contributed by atoms with Crippen LogP contribution in [0.5, 0.6) is 5.75 Å². The first-order valence-electron chi connectivity index (χ1n) is 7.32. The van der Waals surface area contributed by atoms with Gasteiger partial charge < -0.3 is 14.9 Å². The predicted molar refractivity (Wildman–Crippen MR) is 92.3 cm³/mol. The number of ketones is 1. The summed E-state index contributed by atoms with van der Waals surface area (Å²) in [6.45, 7) is 0. The minimum Gasteiger partial charge on any atom is -0.478 e. The molecule has 0 amide bonds. The highest BCUT2D eigenvalue weighted by Crippen LogP contribution is 2.13. The molecule has 0 aliphatic rings. The van der Waals surface area contributed by atoms with E-state index in [0.29, 0.717) is 5.75 Å². The zero-order valence-electron chi connectivity index (χ0n) is 13.6. The second kappa shape index (κ2) is 8.65. The van der Waals surface area contributed by atoms with Crippen LogP contribution in [-0.2, 0) is 4.79 Å². The van der Waals surface area contributed by atoms with Crippen molar-refractivity contribution in [3.63, 3.8) is 0 Å². The van der Waals surface area contributed by atoms with Crippen molar-refractivity contribution < 1.29 is 34.1 Å². The summed E-state index contributed by atoms with van der Waals surface area (Å²) in [6.07, 6.45) is 0. The van der Waals surface area contributed by atoms with E-state index >= 15 is 0 Å². The van der Waals surface area contributed by atoms with Gasteiger partial charge in [0.2, 0.25) is 5.78 Å². The maximum Gasteiger partial charge on any atom is 0.390 e. The number of carboxylic acids is 2. The van der Waals surface area contributed by atoms with E-state index in [-0.39, 0.29) is 5.56 Å². The predicted octanol–water partition coefficient (Wildman–Crippen LogP) is 1.88. The van der Waals surface area contributed by atoms with Crippen molar-refractivity contribution in [2.75, 3.05) is 0 Å². The molecule has 7 nitrogen and oxygen atoms in total. The molecule has 0 saturated carbocycles. The zero-order chi connectivity index (χ0) is 19.8. The number of carbonyl (C=O) groups excluding carboxylic acids is 2. The molecule has 0 aliphatic carbocycles. The molecule has 0 aromatic heterocycles. The van der Waals surface area contributed by atoms with Crippen molar-refractivity contribution in [3.8, 4) is 29.4 Å². The van der Waals surface area contributed by atoms with Gasteiger partial charge >= 0.3 is 17.9 Å². The fraction of sp³-hybridized carbons (Fsp3) is 0. The van der Waals surface area contributed by atoms with Gasteiger partial charge in [0.15, 0.2) is 0 Å². The number of hydrogen-bond acceptors (Lipinski definition) is 5. The molecule has 2 aromatic carbocycles. The highest BCUT2D eigenvalue weighted by atomic mass is 16.5. The van der Waals surface area contributed by atoms with Gasteiger partial charge in [0.05, 0.1) is 11.1 Å². The lowest BCUT2D eigenvalue weighted by Gasteiger charge is -2.02. The molecule has 0 saturated heterocycles. The molecule has 0 bridgehead atoms. The molecule has 0 unspecified atom stereocenters. The van der Waals surface area contributed by atoms with Crippen molar-refractivity contribution in [1.82, 2.24) is 0 Å². The van der Waals surface area contributed by atoms with Crippen LogP contribution in [0.4, 0.5) is 0 Å². The van der Waals surface area contributed by atoms with Crippen molar-refractivity contribution >= 4 is 23.7 Å². The number of carboxylic acid groups (broad SMARTS) is 2. The second-order valence-electron chi connectivity index (χ2n) is 4.90. The maximum atomic E-state index is 11.9. The van der Waals surface area contributed by atoms with E-state index in [4.69, 9.17) is 14.9 Å². The van der Waals surface area contributed by atoms with Crippen molar-refractivity contribution in [3.05, 3.63) is 65.2 Å². The van der Waals surface area contributed by atoms with E-state index < -0.39 is 34.8 Å². The van der Waals surface area contributed by atoms with Crippen molar-refractivity contribution in [2.24, 2.45) is 0 Å². The number of para-hydroxylation sites is 1. The van der Waals surface area contributed by atoms with Gasteiger partial charge in [-0.3, -0.25) is 4.79 Å². The van der Waals surface area contributed by atoms with Crippen LogP contribution in [0.1, 0.15) is 31.1 Å². The van der Waals surface area contributed by atoms with E-state index in [1.165, 1.54) is 0 Å². The number of rotatable bonds is 4. The Balaban J connectivity index is 2.11. The summed E-state index contributed by atoms with van der Waals surface area (Å²) in [4.78, 5) is 45.5. The van der Waals surface area contributed by atoms with Crippen LogP contribution in [-0.4, -0.2) is 33.9 Å². The Morgan fingerprint density at radius 1 is 0.778 bits per heavy atom. The Morgan fingerprint density at radius 3 is 2.04 bits per heavy atom. The van der Waals surface area contributed by atoms with Gasteiger partial charge in [-0.15, -0.1) is 0 Å². The third kappa shape index (κ3) is 5.31. The average molecular weight is 362 g/mol. The van der Waals surface area contributed by atoms with Gasteiger partial charge in [-0.25, -0.2) is 14.4 Å². The van der Waals surface area contributed by atoms with Crippen LogP contribution in [0.15, 0.2) is 48.5 Å². The average Bonchev–Trinajstić information content (AvgIpc) is 2.65. The van der Waals surface area contributed by atoms with Crippen LogP contribution in [0, 0.1) is 23.7 Å². The maximum absolute atomic E-state index is 11.9. The highest BCUT2D eigenvalue weighted by Gasteiger charge is 2.17. The van der Waals surface area contributed by atoms with E-state index in [0.717, 1.165) is 18.2 Å². The molecule has 2 rings (SSSR count). The van der Waals surface area contributed by atoms with Gasteiger partial charge in [-0.05, 0) is 48.1 Å². The van der Waals surface area contributed by atoms with E-state index in [9.17, 15) is 19.2 Å². The van der Waals surface area contributed by atoms with Crippen LogP contribution in [0.3, 0.4) is 0 Å². The van der Waals surface area contributed by atoms with Crippen molar-refractivity contribution in [2.45, 2.75) is 0 Å². The number of esters is 1. The van der Waals surface area contributed by atoms with Crippen LogP contribution < -0.4 is 4.74 Å². The third-order valence-electron chi connectivity index (χ3n) is 3.10. The molecule has 27 heavy (non-hydrogen) atoms. The lowest BCUT2D eigenvalue weighted by atomic mass is 10.0. The molecule has 7 heteroatoms. The SMILES string of the molecule is O=C(C#CC#CC(=O)c1ccc(C(=O)O)c(C(=O)O)c1)Oc1ccccc1. The number of aromatic carboxylic acids is 2. The first-order chi connectivity index (χ1) is 12.9. The fourth-order valence-corrected chi connectivity index (χ4v) is 1.91. The number of benzene rings is 2. The highest BCUT2D eigenvalue weighted by molar-refractivity contribution is 6.11. The fourth-order valence-electron chi connectivity index (χ4n) is 1.91. The molecule has 0 spiro atoms. The van der Waals surface area contributed by atoms with Gasteiger partial charge in [0.25, 0.3) is 0 Å². The molecule has 132 valence electrons. The largest absolute Gasteiger partial charge is 0.478 e. The van der Waals surface area contributed by atoms with E-state index in [2.05, 4.69) is 23.7 Å². The minimum atomic E-state index is -1.49. The summed E-state index contributed by atoms with van der Waals surface area (Å²) in [5, 5.41) is 18.0. The molecule has 0 radical (unpaired) electrons. The normalized spacial score (nSPS) is 9.04. The summed E-state index contributed by atoms with van der Waals surface area (Å²) in [7, 11) is 0. The number of Topliss-reactive ketones (excluding diaryl/α,β-unsaturated/α-hetero) is 1. The molecule has 2 N–H and O–H groups in total. The van der Waals surface area contributed by atoms with Crippen LogP contribution in [0.2, 0.25) is 0 Å². The van der Waals surface area contributed by atoms with E-state index in [1.54, 1.807) is 30.3 Å². The Kier molecular flexibility index (Phi) is 6.08. The van der Waals surface area contributed by atoms with Gasteiger partial charge in [-0.1, -0.05) is 18.2 Å². The first kappa shape index (κ1) is 19.0. The lowest BCUT2D eigenvalue weighted by Crippen LogP contribution is -2.10. The number of ether oxygens (including phenoxy) is 1. The molecular formula is C20H10O7. The standard InChI is InChI=1S/C20H10O7/c21-17(13-10-11-15(19(23)24)16(12-13)20(25)26)8-4-5-9-18(22)27-14-6-2-1-3-7-14/h1-3,6-7,10-12H,(H,23,24)(H,25,26).